The van der Waals surface area contributed by atoms with Crippen LogP contribution in [0.3, 0.4) is 0 Å². The molecule has 2 unspecified atom stereocenters. The number of hydrogen-bond donors (Lipinski definition) is 3. The number of methoxy groups -OCH3 is 1. The molecule has 100 valence electrons. The number of carbonyl (C=O) groups excluding carboxylic acids is 1. The third-order valence-electron chi connectivity index (χ3n) is 0.995. The molecule has 0 heterocycles. The fourth-order valence-electron chi connectivity index (χ4n) is 0.385. The molecule has 0 spiro atoms. The molecule has 11 N–H and O–H groups in total. The standard InChI is InChI=1S/C5H8O6.K.Na.4H2O.2H/c1-11-5(10)3(7)2(6)4(8)9;;;;;;;;/h2-3,6-7H,1H3,(H,8,9);;;4*1H2;;. The normalized spacial score (nSPS) is 9.82. The van der Waals surface area contributed by atoms with E-state index >= 15 is 0 Å². The van der Waals surface area contributed by atoms with Gasteiger partial charge in [0, 0.05) is 0 Å². The second-order valence-electron chi connectivity index (χ2n) is 1.75. The van der Waals surface area contributed by atoms with Crippen molar-refractivity contribution in [1.82, 2.24) is 0 Å². The first-order chi connectivity index (χ1) is 5.00. The van der Waals surface area contributed by atoms with Crippen LogP contribution in [0.1, 0.15) is 0 Å². The Balaban J connectivity index is -0.0000000333. The van der Waals surface area contributed by atoms with Gasteiger partial charge in [-0.25, -0.2) is 9.59 Å². The Hall–Kier alpha value is 1.34. The molecule has 0 radical (unpaired) electrons. The van der Waals surface area contributed by atoms with Crippen molar-refractivity contribution in [3.63, 3.8) is 0 Å². The van der Waals surface area contributed by atoms with Crippen LogP contribution in [0.25, 0.3) is 0 Å². The molecular weight excluding hydrogens is 282 g/mol. The molecule has 12 heteroatoms. The average Bonchev–Trinajstić information content (AvgIpc) is 2.00. The first-order valence-electron chi connectivity index (χ1n) is 2.67. The summed E-state index contributed by atoms with van der Waals surface area (Å²) in [6.45, 7) is 0. The summed E-state index contributed by atoms with van der Waals surface area (Å²) in [4.78, 5) is 20.3. The quantitative estimate of drug-likeness (QED) is 0.338. The molecule has 10 nitrogen and oxygen atoms in total. The summed E-state index contributed by atoms with van der Waals surface area (Å²) in [6.07, 6.45) is -4.17. The van der Waals surface area contributed by atoms with E-state index in [9.17, 15) is 9.59 Å². The number of aliphatic hydroxyl groups excluding tert-OH is 2. The van der Waals surface area contributed by atoms with Crippen molar-refractivity contribution >= 4 is 92.9 Å². The van der Waals surface area contributed by atoms with Crippen LogP contribution in [0, 0.1) is 0 Å². The number of ether oxygens (including phenoxy) is 1. The average molecular weight is 300 g/mol. The fraction of sp³-hybridized carbons (Fsp3) is 0.600. The number of aliphatic hydroxyl groups is 2. The molecule has 0 aliphatic carbocycles. The van der Waals surface area contributed by atoms with Gasteiger partial charge in [0.1, 0.15) is 0 Å². The second kappa shape index (κ2) is 22.5. The van der Waals surface area contributed by atoms with Gasteiger partial charge in [0.25, 0.3) is 0 Å². The van der Waals surface area contributed by atoms with E-state index in [1.807, 2.05) is 0 Å². The van der Waals surface area contributed by atoms with Crippen molar-refractivity contribution in [2.24, 2.45) is 0 Å². The number of hydrogen-bond acceptors (Lipinski definition) is 5. The summed E-state index contributed by atoms with van der Waals surface area (Å²) < 4.78 is 3.97. The Bertz CT molecular complexity index is 178. The minimum absolute atomic E-state index is 0. The molecule has 0 aromatic carbocycles. The summed E-state index contributed by atoms with van der Waals surface area (Å²) in [5.41, 5.74) is 0. The predicted molar refractivity (Wildman–Crippen MR) is 60.4 cm³/mol. The monoisotopic (exact) mass is 300 g/mol. The number of esters is 1. The summed E-state index contributed by atoms with van der Waals surface area (Å²) in [5.74, 6) is -2.86. The van der Waals surface area contributed by atoms with Gasteiger partial charge in [-0.1, -0.05) is 0 Å². The third kappa shape index (κ3) is 17.3. The van der Waals surface area contributed by atoms with Crippen molar-refractivity contribution in [2.45, 2.75) is 12.2 Å². The van der Waals surface area contributed by atoms with Gasteiger partial charge in [-0.15, -0.1) is 0 Å². The summed E-state index contributed by atoms with van der Waals surface area (Å²) in [6, 6.07) is 0. The van der Waals surface area contributed by atoms with Crippen LogP contribution < -0.4 is 0 Å². The number of carbonyl (C=O) groups is 2. The molecule has 0 amide bonds. The SMILES string of the molecule is COC(=O)C(O)C(O)C(=O)O.O.O.O.O.[KH].[NaH]. The molecule has 0 aromatic rings. The number of aliphatic carboxylic acids is 1. The van der Waals surface area contributed by atoms with Crippen molar-refractivity contribution in [3.8, 4) is 0 Å². The van der Waals surface area contributed by atoms with Gasteiger partial charge in [-0.3, -0.25) is 0 Å². The van der Waals surface area contributed by atoms with Gasteiger partial charge in [0.2, 0.25) is 0 Å². The van der Waals surface area contributed by atoms with Crippen LogP contribution in [0.5, 0.6) is 0 Å². The van der Waals surface area contributed by atoms with Gasteiger partial charge in [-0.05, 0) is 0 Å². The van der Waals surface area contributed by atoms with E-state index in [0.717, 1.165) is 7.11 Å². The molecule has 0 rings (SSSR count). The van der Waals surface area contributed by atoms with E-state index in [1.165, 1.54) is 0 Å². The van der Waals surface area contributed by atoms with E-state index in [1.54, 1.807) is 0 Å². The van der Waals surface area contributed by atoms with Gasteiger partial charge in [-0.2, -0.15) is 0 Å². The van der Waals surface area contributed by atoms with Crippen molar-refractivity contribution in [3.05, 3.63) is 0 Å². The Kier molecular flexibility index (Phi) is 56.8. The molecule has 2 atom stereocenters. The predicted octanol–water partition coefficient (Wildman–Crippen LogP) is -6.63. The third-order valence-corrected chi connectivity index (χ3v) is 0.995. The van der Waals surface area contributed by atoms with Crippen molar-refractivity contribution in [2.75, 3.05) is 7.11 Å². The first-order valence-corrected chi connectivity index (χ1v) is 2.67. The molecule has 0 bridgehead atoms. The number of rotatable bonds is 3. The minimum atomic E-state index is -2.14. The molecule has 0 saturated carbocycles. The Morgan fingerprint density at radius 2 is 1.29 bits per heavy atom. The molecule has 0 aliphatic rings. The molecule has 0 fully saturated rings. The van der Waals surface area contributed by atoms with Gasteiger partial charge < -0.3 is 42.0 Å². The van der Waals surface area contributed by atoms with Crippen LogP contribution in [0.4, 0.5) is 0 Å². The Morgan fingerprint density at radius 1 is 1.00 bits per heavy atom. The van der Waals surface area contributed by atoms with Gasteiger partial charge in [0.05, 0.1) is 7.11 Å². The molecule has 0 aliphatic heterocycles. The van der Waals surface area contributed by atoms with E-state index in [0.29, 0.717) is 0 Å². The number of carboxylic acids is 1. The maximum absolute atomic E-state index is 10.4. The summed E-state index contributed by atoms with van der Waals surface area (Å²) in [7, 11) is 0.972. The van der Waals surface area contributed by atoms with Crippen molar-refractivity contribution < 1.29 is 51.6 Å². The topological polar surface area (TPSA) is 230 Å². The molecule has 17 heavy (non-hydrogen) atoms. The van der Waals surface area contributed by atoms with E-state index in [4.69, 9.17) is 15.3 Å². The van der Waals surface area contributed by atoms with Crippen LogP contribution in [0.15, 0.2) is 0 Å². The number of carboxylic acid groups (broad SMARTS) is 1. The van der Waals surface area contributed by atoms with E-state index < -0.39 is 24.1 Å². The Morgan fingerprint density at radius 3 is 1.47 bits per heavy atom. The summed E-state index contributed by atoms with van der Waals surface area (Å²) >= 11 is 0. The molecule has 0 aromatic heterocycles. The maximum atomic E-state index is 10.4. The van der Waals surface area contributed by atoms with E-state index in [2.05, 4.69) is 4.74 Å². The first kappa shape index (κ1) is 42.9. The van der Waals surface area contributed by atoms with Crippen LogP contribution >= 0.6 is 0 Å². The van der Waals surface area contributed by atoms with Crippen LogP contribution in [-0.4, -0.2) is 149 Å². The zero-order chi connectivity index (χ0) is 9.02. The van der Waals surface area contributed by atoms with Crippen LogP contribution in [0.2, 0.25) is 0 Å². The Labute approximate surface area is 161 Å². The van der Waals surface area contributed by atoms with Crippen molar-refractivity contribution in [1.29, 1.82) is 0 Å². The zero-order valence-corrected chi connectivity index (χ0v) is 7.72. The van der Waals surface area contributed by atoms with E-state index in [-0.39, 0.29) is 103 Å². The summed E-state index contributed by atoms with van der Waals surface area (Å²) in [5, 5.41) is 25.3. The molecular formula is C5H18KNaO10. The second-order valence-corrected chi connectivity index (χ2v) is 1.75. The van der Waals surface area contributed by atoms with Gasteiger partial charge >= 0.3 is 92.9 Å². The van der Waals surface area contributed by atoms with Gasteiger partial charge in [0.15, 0.2) is 12.2 Å². The van der Waals surface area contributed by atoms with Crippen LogP contribution in [-0.2, 0) is 14.3 Å². The zero-order valence-electron chi connectivity index (χ0n) is 7.72. The fourth-order valence-corrected chi connectivity index (χ4v) is 0.385. The molecule has 0 saturated heterocycles.